The largest absolute Gasteiger partial charge is 0.317 e. The zero-order chi connectivity index (χ0) is 22.6. The third kappa shape index (κ3) is 5.43. The van der Waals surface area contributed by atoms with E-state index in [1.807, 2.05) is 19.1 Å². The number of nitrogens with zero attached hydrogens (tertiary/aromatic N) is 3. The van der Waals surface area contributed by atoms with E-state index in [0.29, 0.717) is 17.8 Å². The Hall–Kier alpha value is -1.72. The van der Waals surface area contributed by atoms with Crippen LogP contribution in [-0.4, -0.2) is 68.2 Å². The number of hydrazone groups is 1. The fraction of sp³-hybridized carbons (Fsp3) is 0.704. The molecule has 0 aromatic heterocycles. The number of hydrogen-bond donors (Lipinski definition) is 1. The molecule has 2 heterocycles. The lowest BCUT2D eigenvalue weighted by atomic mass is 9.60. The number of benzene rings is 1. The molecule has 1 atom stereocenters. The number of aldehydes is 1. The van der Waals surface area contributed by atoms with E-state index in [1.165, 1.54) is 75.8 Å². The van der Waals surface area contributed by atoms with Crippen LogP contribution in [0.5, 0.6) is 0 Å². The van der Waals surface area contributed by atoms with Gasteiger partial charge in [-0.25, -0.2) is 0 Å². The third-order valence-corrected chi connectivity index (χ3v) is 8.22. The second kappa shape index (κ2) is 10.5. The van der Waals surface area contributed by atoms with Gasteiger partial charge in [-0.05, 0) is 93.6 Å². The maximum absolute atomic E-state index is 10.8. The molecule has 5 heteroatoms. The smallest absolute Gasteiger partial charge is 0.120 e. The minimum atomic E-state index is 0.266. The molecule has 3 aliphatic rings. The van der Waals surface area contributed by atoms with Gasteiger partial charge in [0.2, 0.25) is 0 Å². The van der Waals surface area contributed by atoms with Crippen molar-refractivity contribution in [1.29, 1.82) is 0 Å². The summed E-state index contributed by atoms with van der Waals surface area (Å²) in [5, 5.41) is 10.1. The van der Waals surface area contributed by atoms with Gasteiger partial charge in [0, 0.05) is 32.5 Å². The number of hydrogen-bond acceptors (Lipinski definition) is 5. The van der Waals surface area contributed by atoms with E-state index in [-0.39, 0.29) is 5.92 Å². The number of carbonyl (C=O) groups excluding carboxylic acids is 1. The molecule has 2 saturated heterocycles. The maximum Gasteiger partial charge on any atom is 0.120 e. The summed E-state index contributed by atoms with van der Waals surface area (Å²) in [7, 11) is 3.92. The summed E-state index contributed by atoms with van der Waals surface area (Å²) in [6.45, 7) is 7.12. The molecule has 2 aliphatic heterocycles. The first-order valence-electron chi connectivity index (χ1n) is 12.7. The van der Waals surface area contributed by atoms with Gasteiger partial charge in [-0.3, -0.25) is 0 Å². The summed E-state index contributed by atoms with van der Waals surface area (Å²) >= 11 is 0. The SMILES string of the molecule is CC(CCC=O)/C(=N/N(C)C)c1ccc(C2CCN(C3CC4(CCNCC4)C3)CC2)cc1. The van der Waals surface area contributed by atoms with Gasteiger partial charge < -0.3 is 20.0 Å². The Balaban J connectivity index is 1.32. The average molecular weight is 439 g/mol. The van der Waals surface area contributed by atoms with Gasteiger partial charge in [-0.1, -0.05) is 31.2 Å². The fourth-order valence-electron chi connectivity index (χ4n) is 6.20. The fourth-order valence-corrected chi connectivity index (χ4v) is 6.20. The van der Waals surface area contributed by atoms with Gasteiger partial charge in [-0.2, -0.15) is 5.10 Å². The highest BCUT2D eigenvalue weighted by atomic mass is 16.1. The summed E-state index contributed by atoms with van der Waals surface area (Å²) in [5.74, 6) is 0.942. The zero-order valence-electron chi connectivity index (χ0n) is 20.4. The Labute approximate surface area is 194 Å². The van der Waals surface area contributed by atoms with Gasteiger partial charge in [-0.15, -0.1) is 0 Å². The standard InChI is InChI=1S/C27H42N4O/c1-21(5-4-18-32)26(29-30(2)3)24-8-6-22(7-9-24)23-10-16-31(17-11-23)25-19-27(20-25)12-14-28-15-13-27/h6-9,18,21,23,25,28H,4-5,10-17,19-20H2,1-3H3/b29-26-. The molecule has 3 fully saturated rings. The van der Waals surface area contributed by atoms with Crippen LogP contribution in [0.2, 0.25) is 0 Å². The van der Waals surface area contributed by atoms with Crippen LogP contribution in [0.3, 0.4) is 0 Å². The van der Waals surface area contributed by atoms with E-state index in [0.717, 1.165) is 24.5 Å². The minimum absolute atomic E-state index is 0.266. The Morgan fingerprint density at radius 2 is 1.84 bits per heavy atom. The number of piperidine rings is 2. The second-order valence-corrected chi connectivity index (χ2v) is 10.7. The van der Waals surface area contributed by atoms with Gasteiger partial charge in [0.1, 0.15) is 6.29 Å². The highest BCUT2D eigenvalue weighted by Crippen LogP contribution is 2.50. The summed E-state index contributed by atoms with van der Waals surface area (Å²) in [5.41, 5.74) is 4.41. The van der Waals surface area contributed by atoms with Crippen molar-refractivity contribution >= 4 is 12.0 Å². The van der Waals surface area contributed by atoms with Crippen LogP contribution >= 0.6 is 0 Å². The molecule has 4 rings (SSSR count). The topological polar surface area (TPSA) is 47.9 Å². The van der Waals surface area contributed by atoms with Crippen LogP contribution in [0.15, 0.2) is 29.4 Å². The summed E-state index contributed by atoms with van der Waals surface area (Å²) < 4.78 is 0. The van der Waals surface area contributed by atoms with Crippen molar-refractivity contribution in [3.05, 3.63) is 35.4 Å². The van der Waals surface area contributed by atoms with Crippen LogP contribution < -0.4 is 5.32 Å². The molecule has 1 aromatic rings. The number of likely N-dealkylation sites (tertiary alicyclic amines) is 1. The Morgan fingerprint density at radius 3 is 2.44 bits per heavy atom. The molecule has 0 amide bonds. The lowest BCUT2D eigenvalue weighted by molar-refractivity contribution is -0.108. The Morgan fingerprint density at radius 1 is 1.19 bits per heavy atom. The molecule has 0 radical (unpaired) electrons. The first-order valence-corrected chi connectivity index (χ1v) is 12.7. The molecular formula is C27H42N4O. The zero-order valence-corrected chi connectivity index (χ0v) is 20.4. The van der Waals surface area contributed by atoms with Crippen LogP contribution in [0.1, 0.15) is 75.3 Å². The van der Waals surface area contributed by atoms with E-state index >= 15 is 0 Å². The highest BCUT2D eigenvalue weighted by molar-refractivity contribution is 6.02. The first-order chi connectivity index (χ1) is 15.5. The summed E-state index contributed by atoms with van der Waals surface area (Å²) in [4.78, 5) is 13.6. The molecule has 1 saturated carbocycles. The lowest BCUT2D eigenvalue weighted by Crippen LogP contribution is -2.55. The molecule has 1 aliphatic carbocycles. The number of carbonyl (C=O) groups is 1. The van der Waals surface area contributed by atoms with Crippen molar-refractivity contribution in [2.24, 2.45) is 16.4 Å². The Kier molecular flexibility index (Phi) is 7.67. The van der Waals surface area contributed by atoms with Crippen molar-refractivity contribution < 1.29 is 4.79 Å². The Bertz CT molecular complexity index is 765. The van der Waals surface area contributed by atoms with Crippen molar-refractivity contribution in [2.75, 3.05) is 40.3 Å². The first kappa shape index (κ1) is 23.4. The van der Waals surface area contributed by atoms with E-state index < -0.39 is 0 Å². The van der Waals surface area contributed by atoms with E-state index in [1.54, 1.807) is 0 Å². The van der Waals surface area contributed by atoms with E-state index in [2.05, 4.69) is 41.4 Å². The molecule has 1 spiro atoms. The van der Waals surface area contributed by atoms with Gasteiger partial charge in [0.25, 0.3) is 0 Å². The number of rotatable bonds is 8. The van der Waals surface area contributed by atoms with E-state index in [4.69, 9.17) is 5.10 Å². The second-order valence-electron chi connectivity index (χ2n) is 10.7. The summed E-state index contributed by atoms with van der Waals surface area (Å²) in [6, 6.07) is 9.97. The highest BCUT2D eigenvalue weighted by Gasteiger charge is 2.46. The molecular weight excluding hydrogens is 396 g/mol. The molecule has 1 aromatic carbocycles. The molecule has 176 valence electrons. The average Bonchev–Trinajstić information content (AvgIpc) is 2.80. The normalized spacial score (nSPS) is 23.7. The lowest BCUT2D eigenvalue weighted by Gasteiger charge is -2.55. The van der Waals surface area contributed by atoms with Crippen molar-refractivity contribution in [3.63, 3.8) is 0 Å². The van der Waals surface area contributed by atoms with Gasteiger partial charge in [0.15, 0.2) is 0 Å². The number of nitrogens with one attached hydrogen (secondary N) is 1. The summed E-state index contributed by atoms with van der Waals surface area (Å²) in [6.07, 6.45) is 10.6. The minimum Gasteiger partial charge on any atom is -0.317 e. The quantitative estimate of drug-likeness (QED) is 0.374. The van der Waals surface area contributed by atoms with E-state index in [9.17, 15) is 4.79 Å². The van der Waals surface area contributed by atoms with Crippen molar-refractivity contribution in [1.82, 2.24) is 15.2 Å². The molecule has 5 nitrogen and oxygen atoms in total. The molecule has 0 bridgehead atoms. The predicted molar refractivity (Wildman–Crippen MR) is 132 cm³/mol. The van der Waals surface area contributed by atoms with Crippen LogP contribution in [-0.2, 0) is 4.79 Å². The van der Waals surface area contributed by atoms with Crippen molar-refractivity contribution in [2.45, 2.75) is 70.3 Å². The maximum atomic E-state index is 10.8. The predicted octanol–water partition coefficient (Wildman–Crippen LogP) is 4.28. The monoisotopic (exact) mass is 438 g/mol. The van der Waals surface area contributed by atoms with Crippen molar-refractivity contribution in [3.8, 4) is 0 Å². The van der Waals surface area contributed by atoms with Crippen LogP contribution in [0.4, 0.5) is 0 Å². The van der Waals surface area contributed by atoms with Crippen LogP contribution in [0, 0.1) is 11.3 Å². The molecule has 32 heavy (non-hydrogen) atoms. The van der Waals surface area contributed by atoms with Gasteiger partial charge >= 0.3 is 0 Å². The molecule has 1 unspecified atom stereocenters. The van der Waals surface area contributed by atoms with Gasteiger partial charge in [0.05, 0.1) is 5.71 Å². The van der Waals surface area contributed by atoms with Crippen LogP contribution in [0.25, 0.3) is 0 Å². The third-order valence-electron chi connectivity index (χ3n) is 8.22. The molecule has 1 N–H and O–H groups in total.